The minimum Gasteiger partial charge on any atom is -0.463 e. The van der Waals surface area contributed by atoms with E-state index in [0.717, 1.165) is 15.5 Å². The fourth-order valence-corrected chi connectivity index (χ4v) is 3.41. The molecule has 4 heteroatoms. The van der Waals surface area contributed by atoms with Gasteiger partial charge in [0.15, 0.2) is 9.04 Å². The third-order valence-corrected chi connectivity index (χ3v) is 6.43. The molecule has 0 aliphatic rings. The summed E-state index contributed by atoms with van der Waals surface area (Å²) < 4.78 is 5.41. The van der Waals surface area contributed by atoms with E-state index >= 15 is 0 Å². The largest absolute Gasteiger partial charge is 0.463 e. The highest BCUT2D eigenvalue weighted by Gasteiger charge is 2.08. The lowest BCUT2D eigenvalue weighted by Crippen LogP contribution is -2.29. The van der Waals surface area contributed by atoms with Crippen LogP contribution in [0.4, 0.5) is 0 Å². The Morgan fingerprint density at radius 2 is 2.09 bits per heavy atom. The van der Waals surface area contributed by atoms with E-state index < -0.39 is 9.04 Å². The zero-order valence-electron chi connectivity index (χ0n) is 6.67. The standard InChI is InChI=1S/C7H11ClOSi2/c1-11(9-10)7-5-3-2-4-6(7)8/h2-5,11H,1,10H3. The molecule has 1 unspecified atom stereocenters. The summed E-state index contributed by atoms with van der Waals surface area (Å²) in [6, 6.07) is 7.92. The lowest BCUT2D eigenvalue weighted by Gasteiger charge is -2.09. The Hall–Kier alpha value is -0.0962. The Balaban J connectivity index is 2.93. The molecule has 0 fully saturated rings. The highest BCUT2D eigenvalue weighted by molar-refractivity contribution is 6.71. The molecule has 0 radical (unpaired) electrons. The Morgan fingerprint density at radius 1 is 1.45 bits per heavy atom. The van der Waals surface area contributed by atoms with Gasteiger partial charge in [0, 0.05) is 5.02 Å². The molecular formula is C7H11ClOSi2. The normalized spacial score (nSPS) is 13.3. The summed E-state index contributed by atoms with van der Waals surface area (Å²) in [5.74, 6) is 0. The minimum atomic E-state index is -1.15. The average molecular weight is 203 g/mol. The van der Waals surface area contributed by atoms with E-state index in [9.17, 15) is 0 Å². The molecule has 1 atom stereocenters. The molecule has 0 amide bonds. The number of hydrogen-bond acceptors (Lipinski definition) is 1. The molecule has 0 aliphatic heterocycles. The Labute approximate surface area is 76.6 Å². The van der Waals surface area contributed by atoms with Gasteiger partial charge in [0.25, 0.3) is 0 Å². The van der Waals surface area contributed by atoms with Gasteiger partial charge in [-0.2, -0.15) is 0 Å². The van der Waals surface area contributed by atoms with Crippen molar-refractivity contribution in [2.45, 2.75) is 6.55 Å². The molecule has 1 aromatic rings. The summed E-state index contributed by atoms with van der Waals surface area (Å²) in [5.41, 5.74) is 0. The van der Waals surface area contributed by atoms with Crippen molar-refractivity contribution >= 4 is 36.3 Å². The maximum Gasteiger partial charge on any atom is 0.193 e. The van der Waals surface area contributed by atoms with Gasteiger partial charge in [0.2, 0.25) is 0 Å². The topological polar surface area (TPSA) is 9.23 Å². The lowest BCUT2D eigenvalue weighted by atomic mass is 10.4. The predicted octanol–water partition coefficient (Wildman–Crippen LogP) is 0.198. The van der Waals surface area contributed by atoms with Gasteiger partial charge in [-0.25, -0.2) is 0 Å². The summed E-state index contributed by atoms with van der Waals surface area (Å²) in [7, 11) is -0.341. The number of benzene rings is 1. The Morgan fingerprint density at radius 3 is 2.64 bits per heavy atom. The van der Waals surface area contributed by atoms with Crippen molar-refractivity contribution in [3.8, 4) is 0 Å². The van der Waals surface area contributed by atoms with Crippen LogP contribution in [0.25, 0.3) is 0 Å². The fourth-order valence-electron chi connectivity index (χ4n) is 0.932. The van der Waals surface area contributed by atoms with Gasteiger partial charge in [-0.1, -0.05) is 29.8 Å². The van der Waals surface area contributed by atoms with Crippen LogP contribution in [-0.2, 0) is 4.12 Å². The van der Waals surface area contributed by atoms with E-state index in [1.807, 2.05) is 18.2 Å². The van der Waals surface area contributed by atoms with E-state index in [4.69, 9.17) is 15.7 Å². The van der Waals surface area contributed by atoms with Crippen molar-refractivity contribution in [1.29, 1.82) is 0 Å². The summed E-state index contributed by atoms with van der Waals surface area (Å²) in [6.45, 7) is 2.15. The van der Waals surface area contributed by atoms with Crippen LogP contribution in [0.5, 0.6) is 0 Å². The summed E-state index contributed by atoms with van der Waals surface area (Å²) >= 11 is 5.97. The second kappa shape index (κ2) is 4.06. The molecule has 60 valence electrons. The molecule has 0 spiro atoms. The molecule has 0 saturated carbocycles. The first-order valence-corrected chi connectivity index (χ1v) is 6.92. The molecule has 0 N–H and O–H groups in total. The van der Waals surface area contributed by atoms with Crippen molar-refractivity contribution in [3.05, 3.63) is 29.3 Å². The summed E-state index contributed by atoms with van der Waals surface area (Å²) in [6.07, 6.45) is 0. The number of halogens is 1. The second-order valence-electron chi connectivity index (χ2n) is 2.40. The average Bonchev–Trinajstić information content (AvgIpc) is 2.04. The molecule has 1 rings (SSSR count). The molecule has 1 nitrogen and oxygen atoms in total. The minimum absolute atomic E-state index is 0.809. The van der Waals surface area contributed by atoms with E-state index in [-0.39, 0.29) is 0 Å². The molecule has 0 bridgehead atoms. The maximum absolute atomic E-state index is 5.97. The van der Waals surface area contributed by atoms with Crippen LogP contribution in [0, 0.1) is 0 Å². The SMILES string of the molecule is C[SiH](O[SiH3])c1ccccc1Cl. The lowest BCUT2D eigenvalue weighted by molar-refractivity contribution is 0.654. The molecule has 0 aromatic heterocycles. The predicted molar refractivity (Wildman–Crippen MR) is 55.1 cm³/mol. The van der Waals surface area contributed by atoms with Gasteiger partial charge in [0.05, 0.1) is 0 Å². The zero-order chi connectivity index (χ0) is 8.27. The quantitative estimate of drug-likeness (QED) is 0.623. The first-order valence-electron chi connectivity index (χ1n) is 3.53. The van der Waals surface area contributed by atoms with Crippen LogP contribution in [0.15, 0.2) is 24.3 Å². The third kappa shape index (κ3) is 2.17. The summed E-state index contributed by atoms with van der Waals surface area (Å²) in [5, 5.41) is 2.06. The van der Waals surface area contributed by atoms with Gasteiger partial charge in [-0.3, -0.25) is 0 Å². The van der Waals surface area contributed by atoms with Crippen molar-refractivity contribution in [2.75, 3.05) is 0 Å². The van der Waals surface area contributed by atoms with E-state index in [2.05, 4.69) is 12.6 Å². The van der Waals surface area contributed by atoms with Crippen molar-refractivity contribution in [1.82, 2.24) is 0 Å². The van der Waals surface area contributed by atoms with E-state index in [1.54, 1.807) is 0 Å². The highest BCUT2D eigenvalue weighted by atomic mass is 35.5. The number of hydrogen-bond donors (Lipinski definition) is 0. The smallest absolute Gasteiger partial charge is 0.193 e. The molecule has 0 saturated heterocycles. The van der Waals surface area contributed by atoms with E-state index in [1.165, 1.54) is 5.19 Å². The Kier molecular flexibility index (Phi) is 3.32. The first kappa shape index (κ1) is 9.00. The summed E-state index contributed by atoms with van der Waals surface area (Å²) in [4.78, 5) is 0. The van der Waals surface area contributed by atoms with Gasteiger partial charge in [-0.15, -0.1) is 0 Å². The molecule has 0 heterocycles. The van der Waals surface area contributed by atoms with Gasteiger partial charge < -0.3 is 4.12 Å². The number of rotatable bonds is 2. The molecular weight excluding hydrogens is 192 g/mol. The van der Waals surface area contributed by atoms with Crippen LogP contribution >= 0.6 is 11.6 Å². The van der Waals surface area contributed by atoms with Gasteiger partial charge in [0.1, 0.15) is 10.5 Å². The third-order valence-electron chi connectivity index (χ3n) is 1.70. The Bertz CT molecular complexity index is 242. The van der Waals surface area contributed by atoms with Crippen molar-refractivity contribution < 1.29 is 4.12 Å². The van der Waals surface area contributed by atoms with Crippen LogP contribution < -0.4 is 5.19 Å². The van der Waals surface area contributed by atoms with Crippen molar-refractivity contribution in [2.24, 2.45) is 0 Å². The fraction of sp³-hybridized carbons (Fsp3) is 0.143. The van der Waals surface area contributed by atoms with Gasteiger partial charge >= 0.3 is 0 Å². The van der Waals surface area contributed by atoms with Gasteiger partial charge in [-0.05, 0) is 17.8 Å². The molecule has 0 aliphatic carbocycles. The molecule has 1 aromatic carbocycles. The monoisotopic (exact) mass is 202 g/mol. The van der Waals surface area contributed by atoms with Crippen molar-refractivity contribution in [3.63, 3.8) is 0 Å². The zero-order valence-corrected chi connectivity index (χ0v) is 10.6. The van der Waals surface area contributed by atoms with Crippen LogP contribution in [0.2, 0.25) is 11.6 Å². The maximum atomic E-state index is 5.97. The second-order valence-corrected chi connectivity index (χ2v) is 6.60. The van der Waals surface area contributed by atoms with Crippen LogP contribution in [0.3, 0.4) is 0 Å². The molecule has 11 heavy (non-hydrogen) atoms. The first-order chi connectivity index (χ1) is 5.25. The van der Waals surface area contributed by atoms with E-state index in [0.29, 0.717) is 0 Å². The van der Waals surface area contributed by atoms with Crippen LogP contribution in [0.1, 0.15) is 0 Å². The van der Waals surface area contributed by atoms with Crippen LogP contribution in [-0.4, -0.2) is 19.5 Å². The highest BCUT2D eigenvalue weighted by Crippen LogP contribution is 2.04.